The van der Waals surface area contributed by atoms with Crippen LogP contribution in [0.4, 0.5) is 4.39 Å². The number of benzene rings is 2. The van der Waals surface area contributed by atoms with E-state index < -0.39 is 5.82 Å². The summed E-state index contributed by atoms with van der Waals surface area (Å²) in [5.41, 5.74) is 3.54. The van der Waals surface area contributed by atoms with E-state index in [1.165, 1.54) is 33.5 Å². The molecule has 1 saturated heterocycles. The first-order valence-electron chi connectivity index (χ1n) is 13.1. The number of carbonyl (C=O) groups excluding carboxylic acids is 2. The molecule has 0 spiro atoms. The summed E-state index contributed by atoms with van der Waals surface area (Å²) in [6.45, 7) is 5.77. The number of rotatable bonds is 8. The lowest BCUT2D eigenvalue weighted by Gasteiger charge is -2.37. The summed E-state index contributed by atoms with van der Waals surface area (Å²) in [5, 5.41) is 2.06. The number of carbonyl (C=O) groups is 2. The summed E-state index contributed by atoms with van der Waals surface area (Å²) in [6, 6.07) is 13.5. The normalized spacial score (nSPS) is 18.8. The fraction of sp³-hybridized carbons (Fsp3) is 0.400. The molecule has 0 N–H and O–H groups in total. The van der Waals surface area contributed by atoms with Crippen molar-refractivity contribution in [3.05, 3.63) is 86.9 Å². The molecule has 38 heavy (non-hydrogen) atoms. The number of amides is 2. The molecule has 1 fully saturated rings. The molecule has 3 heterocycles. The van der Waals surface area contributed by atoms with Crippen molar-refractivity contribution in [1.29, 1.82) is 0 Å². The second-order valence-electron chi connectivity index (χ2n) is 10.1. The topological polar surface area (TPSA) is 59.1 Å². The minimum atomic E-state index is -0.483. The van der Waals surface area contributed by atoms with Crippen molar-refractivity contribution >= 4 is 23.2 Å². The summed E-state index contributed by atoms with van der Waals surface area (Å²) in [6.07, 6.45) is 2.39. The largest absolute Gasteiger partial charge is 0.491 e. The van der Waals surface area contributed by atoms with Crippen LogP contribution in [0.1, 0.15) is 50.8 Å². The maximum atomic E-state index is 13.9. The van der Waals surface area contributed by atoms with Crippen LogP contribution in [0, 0.1) is 19.7 Å². The molecular formula is C30H33FN2O4S. The number of hydrogen-bond acceptors (Lipinski definition) is 5. The van der Waals surface area contributed by atoms with Gasteiger partial charge in [0.15, 0.2) is 0 Å². The minimum Gasteiger partial charge on any atom is -0.491 e. The van der Waals surface area contributed by atoms with E-state index in [4.69, 9.17) is 9.47 Å². The van der Waals surface area contributed by atoms with E-state index >= 15 is 0 Å². The molecular weight excluding hydrogens is 503 g/mol. The molecule has 2 amide bonds. The van der Waals surface area contributed by atoms with E-state index in [1.807, 2.05) is 30.9 Å². The highest BCUT2D eigenvalue weighted by atomic mass is 32.1. The van der Waals surface area contributed by atoms with E-state index in [1.54, 1.807) is 17.4 Å². The molecule has 3 aromatic rings. The highest BCUT2D eigenvalue weighted by molar-refractivity contribution is 7.10. The third-order valence-corrected chi connectivity index (χ3v) is 8.27. The number of thiophene rings is 1. The molecule has 6 nitrogen and oxygen atoms in total. The van der Waals surface area contributed by atoms with Crippen LogP contribution >= 0.6 is 11.3 Å². The second kappa shape index (κ2) is 11.7. The summed E-state index contributed by atoms with van der Waals surface area (Å²) in [4.78, 5) is 31.8. The van der Waals surface area contributed by atoms with Crippen LogP contribution in [-0.4, -0.2) is 60.6 Å². The molecule has 0 saturated carbocycles. The van der Waals surface area contributed by atoms with Crippen molar-refractivity contribution in [2.24, 2.45) is 0 Å². The molecule has 0 radical (unpaired) electrons. The smallest absolute Gasteiger partial charge is 0.254 e. The van der Waals surface area contributed by atoms with Crippen molar-refractivity contribution in [3.8, 4) is 5.75 Å². The Bertz CT molecular complexity index is 1300. The van der Waals surface area contributed by atoms with Crippen molar-refractivity contribution < 1.29 is 23.5 Å². The molecule has 5 rings (SSSR count). The predicted molar refractivity (Wildman–Crippen MR) is 145 cm³/mol. The van der Waals surface area contributed by atoms with Gasteiger partial charge in [0.25, 0.3) is 5.91 Å². The molecule has 8 heteroatoms. The lowest BCUT2D eigenvalue weighted by Crippen LogP contribution is -2.49. The number of ether oxygens (including phenoxy) is 2. The fourth-order valence-corrected chi connectivity index (χ4v) is 6.24. The van der Waals surface area contributed by atoms with Crippen LogP contribution in [0.15, 0.2) is 53.9 Å². The zero-order valence-corrected chi connectivity index (χ0v) is 22.6. The highest BCUT2D eigenvalue weighted by Crippen LogP contribution is 2.34. The van der Waals surface area contributed by atoms with Gasteiger partial charge in [-0.25, -0.2) is 4.39 Å². The molecule has 1 aromatic heterocycles. The van der Waals surface area contributed by atoms with Gasteiger partial charge in [-0.15, -0.1) is 11.3 Å². The van der Waals surface area contributed by atoms with Gasteiger partial charge in [0.05, 0.1) is 12.1 Å². The summed E-state index contributed by atoms with van der Waals surface area (Å²) < 4.78 is 25.9. The van der Waals surface area contributed by atoms with Gasteiger partial charge in [-0.2, -0.15) is 0 Å². The van der Waals surface area contributed by atoms with Gasteiger partial charge < -0.3 is 19.3 Å². The predicted octanol–water partition coefficient (Wildman–Crippen LogP) is 5.33. The Hall–Kier alpha value is -3.23. The molecule has 2 aliphatic heterocycles. The SMILES string of the molecule is Cc1ccc(OCC2c3ccsc3CCN2C(=O)CN(CC2CCCO2)C(=O)c2cccc(F)c2)c(C)c1. The van der Waals surface area contributed by atoms with E-state index in [2.05, 4.69) is 17.5 Å². The lowest BCUT2D eigenvalue weighted by molar-refractivity contribution is -0.135. The van der Waals surface area contributed by atoms with Gasteiger partial charge in [-0.05, 0) is 79.9 Å². The van der Waals surface area contributed by atoms with E-state index in [0.717, 1.165) is 36.1 Å². The Morgan fingerprint density at radius 3 is 2.82 bits per heavy atom. The van der Waals surface area contributed by atoms with Crippen LogP contribution < -0.4 is 4.74 Å². The van der Waals surface area contributed by atoms with E-state index in [0.29, 0.717) is 26.3 Å². The second-order valence-corrected chi connectivity index (χ2v) is 11.1. The quantitative estimate of drug-likeness (QED) is 0.391. The molecule has 2 atom stereocenters. The average Bonchev–Trinajstić information content (AvgIpc) is 3.59. The molecule has 0 aliphatic carbocycles. The zero-order chi connectivity index (χ0) is 26.6. The van der Waals surface area contributed by atoms with Gasteiger partial charge in [0.1, 0.15) is 24.7 Å². The fourth-order valence-electron chi connectivity index (χ4n) is 5.32. The maximum absolute atomic E-state index is 13.9. The average molecular weight is 537 g/mol. The Labute approximate surface area is 227 Å². The van der Waals surface area contributed by atoms with Gasteiger partial charge in [-0.1, -0.05) is 23.8 Å². The Kier molecular flexibility index (Phi) is 8.09. The van der Waals surface area contributed by atoms with E-state index in [9.17, 15) is 14.0 Å². The number of nitrogens with zero attached hydrogens (tertiary/aromatic N) is 2. The first-order chi connectivity index (χ1) is 18.4. The third-order valence-electron chi connectivity index (χ3n) is 7.28. The van der Waals surface area contributed by atoms with Crippen LogP contribution in [0.25, 0.3) is 0 Å². The highest BCUT2D eigenvalue weighted by Gasteiger charge is 2.34. The van der Waals surface area contributed by atoms with Crippen LogP contribution in [-0.2, 0) is 16.0 Å². The first kappa shape index (κ1) is 26.4. The number of hydrogen-bond donors (Lipinski definition) is 0. The van der Waals surface area contributed by atoms with Crippen LogP contribution in [0.5, 0.6) is 5.75 Å². The number of aryl methyl sites for hydroxylation is 2. The molecule has 2 aliphatic rings. The van der Waals surface area contributed by atoms with Crippen molar-refractivity contribution in [1.82, 2.24) is 9.80 Å². The maximum Gasteiger partial charge on any atom is 0.254 e. The van der Waals surface area contributed by atoms with Gasteiger partial charge in [-0.3, -0.25) is 9.59 Å². The van der Waals surface area contributed by atoms with Crippen molar-refractivity contribution in [2.75, 3.05) is 32.8 Å². The van der Waals surface area contributed by atoms with Crippen molar-refractivity contribution in [2.45, 2.75) is 45.3 Å². The molecule has 200 valence electrons. The van der Waals surface area contributed by atoms with Crippen molar-refractivity contribution in [3.63, 3.8) is 0 Å². The zero-order valence-electron chi connectivity index (χ0n) is 21.8. The summed E-state index contributed by atoms with van der Waals surface area (Å²) >= 11 is 1.70. The van der Waals surface area contributed by atoms with Crippen LogP contribution in [0.2, 0.25) is 0 Å². The van der Waals surface area contributed by atoms with E-state index in [-0.39, 0.29) is 36.1 Å². The Morgan fingerprint density at radius 2 is 2.05 bits per heavy atom. The molecule has 0 bridgehead atoms. The Morgan fingerprint density at radius 1 is 1.18 bits per heavy atom. The lowest BCUT2D eigenvalue weighted by atomic mass is 10.00. The third kappa shape index (κ3) is 5.92. The summed E-state index contributed by atoms with van der Waals surface area (Å²) in [7, 11) is 0. The standard InChI is InChI=1S/C30H33FN2O4S/c1-20-8-9-27(21(2)15-20)37-19-26-25-11-14-38-28(25)10-12-33(26)29(34)18-32(17-24-7-4-13-36-24)30(35)22-5-3-6-23(31)16-22/h3,5-6,8-9,11,14-16,24,26H,4,7,10,12-13,17-19H2,1-2H3. The molecule has 2 unspecified atom stereocenters. The number of fused-ring (bicyclic) bond motifs is 1. The van der Waals surface area contributed by atoms with Gasteiger partial charge >= 0.3 is 0 Å². The minimum absolute atomic E-state index is 0.102. The Balaban J connectivity index is 1.36. The molecule has 2 aromatic carbocycles. The van der Waals surface area contributed by atoms with Crippen LogP contribution in [0.3, 0.4) is 0 Å². The monoisotopic (exact) mass is 536 g/mol. The number of halogens is 1. The summed E-state index contributed by atoms with van der Waals surface area (Å²) in [5.74, 6) is -0.209. The van der Waals surface area contributed by atoms with Gasteiger partial charge in [0, 0.05) is 30.1 Å². The first-order valence-corrected chi connectivity index (χ1v) is 14.0. The van der Waals surface area contributed by atoms with Gasteiger partial charge in [0.2, 0.25) is 5.91 Å².